The molecule has 2 rings (SSSR count). The molecule has 1 aromatic carbocycles. The van der Waals surface area contributed by atoms with Crippen LogP contribution in [0.4, 0.5) is 0 Å². The topological polar surface area (TPSA) is 35.2 Å². The average Bonchev–Trinajstić information content (AvgIpc) is 2.27. The second kappa shape index (κ2) is 5.35. The maximum Gasteiger partial charge on any atom is 0.119 e. The zero-order valence-corrected chi connectivity index (χ0v) is 9.99. The maximum absolute atomic E-state index is 5.96. The first-order chi connectivity index (χ1) is 7.79. The van der Waals surface area contributed by atoms with E-state index in [0.717, 1.165) is 24.7 Å². The van der Waals surface area contributed by atoms with Crippen LogP contribution >= 0.6 is 0 Å². The van der Waals surface area contributed by atoms with Crippen molar-refractivity contribution in [3.63, 3.8) is 0 Å². The zero-order chi connectivity index (χ0) is 11.4. The summed E-state index contributed by atoms with van der Waals surface area (Å²) in [6, 6.07) is 8.36. The summed E-state index contributed by atoms with van der Waals surface area (Å²) in [4.78, 5) is 0. The van der Waals surface area contributed by atoms with Crippen molar-refractivity contribution >= 4 is 0 Å². The lowest BCUT2D eigenvalue weighted by Crippen LogP contribution is -2.19. The number of ether oxygens (including phenoxy) is 1. The summed E-state index contributed by atoms with van der Waals surface area (Å²) >= 11 is 0. The van der Waals surface area contributed by atoms with Crippen LogP contribution in [0.2, 0.25) is 0 Å². The normalized spacial score (nSPS) is 17.9. The molecule has 1 unspecified atom stereocenters. The van der Waals surface area contributed by atoms with Gasteiger partial charge in [-0.05, 0) is 42.9 Å². The molecule has 1 saturated carbocycles. The van der Waals surface area contributed by atoms with Gasteiger partial charge in [-0.25, -0.2) is 0 Å². The van der Waals surface area contributed by atoms with Crippen molar-refractivity contribution in [2.24, 2.45) is 11.7 Å². The summed E-state index contributed by atoms with van der Waals surface area (Å²) in [7, 11) is 0. The Balaban J connectivity index is 1.85. The molecule has 16 heavy (non-hydrogen) atoms. The van der Waals surface area contributed by atoms with E-state index in [4.69, 9.17) is 10.5 Å². The van der Waals surface area contributed by atoms with E-state index >= 15 is 0 Å². The summed E-state index contributed by atoms with van der Waals surface area (Å²) in [5.41, 5.74) is 7.15. The Bertz CT molecular complexity index is 316. The Morgan fingerprint density at radius 3 is 2.50 bits per heavy atom. The summed E-state index contributed by atoms with van der Waals surface area (Å²) < 4.78 is 5.74. The number of nitrogens with two attached hydrogens (primary N) is 1. The van der Waals surface area contributed by atoms with Gasteiger partial charge in [0.15, 0.2) is 0 Å². The van der Waals surface area contributed by atoms with Gasteiger partial charge in [-0.1, -0.05) is 25.5 Å². The Hall–Kier alpha value is -1.02. The van der Waals surface area contributed by atoms with Gasteiger partial charge in [-0.15, -0.1) is 0 Å². The van der Waals surface area contributed by atoms with E-state index in [-0.39, 0.29) is 6.04 Å². The largest absolute Gasteiger partial charge is 0.493 e. The molecule has 0 heterocycles. The molecule has 2 N–H and O–H groups in total. The number of benzene rings is 1. The number of hydrogen-bond acceptors (Lipinski definition) is 2. The molecule has 1 aliphatic rings. The Morgan fingerprint density at radius 1 is 1.31 bits per heavy atom. The SMILES string of the molecule is CCC(N)c1ccc(OCC2CCC2)cc1. The molecule has 88 valence electrons. The summed E-state index contributed by atoms with van der Waals surface area (Å²) in [6.45, 7) is 2.98. The maximum atomic E-state index is 5.96. The van der Waals surface area contributed by atoms with Gasteiger partial charge in [-0.2, -0.15) is 0 Å². The van der Waals surface area contributed by atoms with Crippen molar-refractivity contribution in [3.05, 3.63) is 29.8 Å². The lowest BCUT2D eigenvalue weighted by atomic mass is 9.86. The van der Waals surface area contributed by atoms with Crippen LogP contribution in [0.5, 0.6) is 5.75 Å². The first kappa shape index (κ1) is 11.5. The molecule has 0 amide bonds. The van der Waals surface area contributed by atoms with Gasteiger partial charge in [0, 0.05) is 6.04 Å². The van der Waals surface area contributed by atoms with Crippen molar-refractivity contribution in [1.82, 2.24) is 0 Å². The molecule has 0 aliphatic heterocycles. The monoisotopic (exact) mass is 219 g/mol. The van der Waals surface area contributed by atoms with Crippen molar-refractivity contribution < 1.29 is 4.74 Å². The van der Waals surface area contributed by atoms with E-state index in [1.165, 1.54) is 24.8 Å². The van der Waals surface area contributed by atoms with Crippen molar-refractivity contribution in [3.8, 4) is 5.75 Å². The van der Waals surface area contributed by atoms with Crippen LogP contribution < -0.4 is 10.5 Å². The third-order valence-corrected chi connectivity index (χ3v) is 3.46. The molecule has 1 fully saturated rings. The van der Waals surface area contributed by atoms with E-state index in [9.17, 15) is 0 Å². The van der Waals surface area contributed by atoms with Gasteiger partial charge in [-0.3, -0.25) is 0 Å². The van der Waals surface area contributed by atoms with Crippen molar-refractivity contribution in [2.75, 3.05) is 6.61 Å². The Labute approximate surface area is 97.8 Å². The van der Waals surface area contributed by atoms with E-state index in [2.05, 4.69) is 19.1 Å². The molecule has 0 saturated heterocycles. The summed E-state index contributed by atoms with van der Waals surface area (Å²) in [5, 5.41) is 0. The van der Waals surface area contributed by atoms with Gasteiger partial charge >= 0.3 is 0 Å². The molecule has 1 atom stereocenters. The van der Waals surface area contributed by atoms with Crippen LogP contribution in [0.3, 0.4) is 0 Å². The quantitative estimate of drug-likeness (QED) is 0.824. The molecule has 2 nitrogen and oxygen atoms in total. The van der Waals surface area contributed by atoms with Crippen LogP contribution in [-0.2, 0) is 0 Å². The van der Waals surface area contributed by atoms with Crippen LogP contribution in [0.25, 0.3) is 0 Å². The molecular weight excluding hydrogens is 198 g/mol. The number of hydrogen-bond donors (Lipinski definition) is 1. The highest BCUT2D eigenvalue weighted by Gasteiger charge is 2.17. The predicted octanol–water partition coefficient (Wildman–Crippen LogP) is 3.28. The average molecular weight is 219 g/mol. The standard InChI is InChI=1S/C14H21NO/c1-2-14(15)12-6-8-13(9-7-12)16-10-11-4-3-5-11/h6-9,11,14H,2-5,10,15H2,1H3. The second-order valence-electron chi connectivity index (χ2n) is 4.69. The minimum Gasteiger partial charge on any atom is -0.493 e. The second-order valence-corrected chi connectivity index (χ2v) is 4.69. The van der Waals surface area contributed by atoms with Crippen LogP contribution in [0.15, 0.2) is 24.3 Å². The van der Waals surface area contributed by atoms with Crippen molar-refractivity contribution in [1.29, 1.82) is 0 Å². The lowest BCUT2D eigenvalue weighted by Gasteiger charge is -2.25. The molecule has 2 heteroatoms. The van der Waals surface area contributed by atoms with E-state index in [0.29, 0.717) is 0 Å². The third kappa shape index (κ3) is 2.76. The fourth-order valence-electron chi connectivity index (χ4n) is 1.92. The molecule has 0 aromatic heterocycles. The van der Waals surface area contributed by atoms with Gasteiger partial charge in [0.2, 0.25) is 0 Å². The predicted molar refractivity (Wildman–Crippen MR) is 66.5 cm³/mol. The van der Waals surface area contributed by atoms with Gasteiger partial charge in [0.05, 0.1) is 6.61 Å². The number of rotatable bonds is 5. The molecule has 0 bridgehead atoms. The lowest BCUT2D eigenvalue weighted by molar-refractivity contribution is 0.180. The van der Waals surface area contributed by atoms with Gasteiger partial charge in [0.25, 0.3) is 0 Å². The molecule has 1 aromatic rings. The summed E-state index contributed by atoms with van der Waals surface area (Å²) in [6.07, 6.45) is 5.01. The third-order valence-electron chi connectivity index (χ3n) is 3.46. The first-order valence-electron chi connectivity index (χ1n) is 6.28. The Morgan fingerprint density at radius 2 is 2.00 bits per heavy atom. The highest BCUT2D eigenvalue weighted by molar-refractivity contribution is 5.29. The first-order valence-corrected chi connectivity index (χ1v) is 6.28. The van der Waals surface area contributed by atoms with E-state index < -0.39 is 0 Å². The fourth-order valence-corrected chi connectivity index (χ4v) is 1.92. The fraction of sp³-hybridized carbons (Fsp3) is 0.571. The molecule has 0 radical (unpaired) electrons. The van der Waals surface area contributed by atoms with Crippen LogP contribution in [-0.4, -0.2) is 6.61 Å². The van der Waals surface area contributed by atoms with Crippen molar-refractivity contribution in [2.45, 2.75) is 38.6 Å². The van der Waals surface area contributed by atoms with Crippen LogP contribution in [0, 0.1) is 5.92 Å². The van der Waals surface area contributed by atoms with Gasteiger partial charge < -0.3 is 10.5 Å². The van der Waals surface area contributed by atoms with E-state index in [1.807, 2.05) is 12.1 Å². The highest BCUT2D eigenvalue weighted by Crippen LogP contribution is 2.27. The smallest absolute Gasteiger partial charge is 0.119 e. The van der Waals surface area contributed by atoms with Gasteiger partial charge in [0.1, 0.15) is 5.75 Å². The molecule has 1 aliphatic carbocycles. The molecular formula is C14H21NO. The molecule has 0 spiro atoms. The minimum atomic E-state index is 0.153. The minimum absolute atomic E-state index is 0.153. The van der Waals surface area contributed by atoms with E-state index in [1.54, 1.807) is 0 Å². The van der Waals surface area contributed by atoms with Crippen LogP contribution in [0.1, 0.15) is 44.2 Å². The highest BCUT2D eigenvalue weighted by atomic mass is 16.5. The summed E-state index contributed by atoms with van der Waals surface area (Å²) in [5.74, 6) is 1.76. The zero-order valence-electron chi connectivity index (χ0n) is 9.99. The Kier molecular flexibility index (Phi) is 3.83.